The molecule has 0 aromatic carbocycles. The Morgan fingerprint density at radius 3 is 2.68 bits per heavy atom. The van der Waals surface area contributed by atoms with Gasteiger partial charge in [-0.15, -0.1) is 11.8 Å². The van der Waals surface area contributed by atoms with Gasteiger partial charge in [0.1, 0.15) is 4.93 Å². The highest BCUT2D eigenvalue weighted by atomic mass is 32.2. The van der Waals surface area contributed by atoms with Crippen LogP contribution in [-0.4, -0.2) is 37.7 Å². The molecule has 0 saturated heterocycles. The van der Waals surface area contributed by atoms with Crippen LogP contribution in [0.25, 0.3) is 0 Å². The van der Waals surface area contributed by atoms with Gasteiger partial charge in [-0.2, -0.15) is 0 Å². The lowest BCUT2D eigenvalue weighted by Crippen LogP contribution is -2.37. The quantitative estimate of drug-likeness (QED) is 0.323. The van der Waals surface area contributed by atoms with E-state index in [1.165, 1.54) is 50.3 Å². The summed E-state index contributed by atoms with van der Waals surface area (Å²) < 4.78 is 0. The topological polar surface area (TPSA) is 60.7 Å². The molecule has 0 radical (unpaired) electrons. The molecule has 3 N–H and O–H groups in total. The molecule has 3 rings (SSSR count). The molecule has 0 aliphatic heterocycles. The molecule has 0 aromatic rings. The Bertz CT molecular complexity index is 718. The summed E-state index contributed by atoms with van der Waals surface area (Å²) in [6.07, 6.45) is 13.9. The Balaban J connectivity index is 1.71. The second-order valence-electron chi connectivity index (χ2n) is 11.2. The van der Waals surface area contributed by atoms with Crippen molar-refractivity contribution in [3.8, 4) is 0 Å². The van der Waals surface area contributed by atoms with Crippen LogP contribution >= 0.6 is 11.8 Å². The lowest BCUT2D eigenvalue weighted by atomic mass is 9.63. The molecule has 3 aliphatic rings. The lowest BCUT2D eigenvalue weighted by Gasteiger charge is -2.42. The minimum Gasteiger partial charge on any atom is -0.390 e. The van der Waals surface area contributed by atoms with E-state index in [2.05, 4.69) is 32.6 Å². The predicted octanol–water partition coefficient (Wildman–Crippen LogP) is 6.15. The normalized spacial score (nSPS) is 39.3. The molecule has 3 nitrogen and oxygen atoms in total. The molecular formula is C27H44O3S. The molecule has 0 unspecified atom stereocenters. The summed E-state index contributed by atoms with van der Waals surface area (Å²) in [5.41, 5.74) is 3.08. The lowest BCUT2D eigenvalue weighted by molar-refractivity contribution is 0.0595. The van der Waals surface area contributed by atoms with Crippen LogP contribution in [0, 0.1) is 17.3 Å². The standard InChI is InChI=1S/C27H44O3S/c1-6-22-12-13-23-20(9-7-15-26(22,23)5)10-11-21-17-27(30,18-24(28)19(21)2)31-16-8-14-25(3,4)29/h10-11,22-24,28-30H,2,6-9,12-18H2,1,3-5H3/t22-,23-,24-,26+,27-/m0/s1. The molecule has 0 bridgehead atoms. The van der Waals surface area contributed by atoms with Crippen molar-refractivity contribution >= 4 is 11.8 Å². The van der Waals surface area contributed by atoms with E-state index in [1.54, 1.807) is 5.57 Å². The van der Waals surface area contributed by atoms with Gasteiger partial charge in [0, 0.05) is 12.8 Å². The second kappa shape index (κ2) is 9.75. The van der Waals surface area contributed by atoms with Crippen molar-refractivity contribution in [2.45, 2.75) is 109 Å². The Kier molecular flexibility index (Phi) is 7.89. The van der Waals surface area contributed by atoms with Gasteiger partial charge in [0.05, 0.1) is 11.7 Å². The van der Waals surface area contributed by atoms with Gasteiger partial charge >= 0.3 is 0 Å². The second-order valence-corrected chi connectivity index (χ2v) is 12.6. The van der Waals surface area contributed by atoms with E-state index in [4.69, 9.17) is 0 Å². The fourth-order valence-corrected chi connectivity index (χ4v) is 7.59. The molecule has 0 spiro atoms. The first-order valence-corrected chi connectivity index (χ1v) is 13.3. The van der Waals surface area contributed by atoms with E-state index in [0.717, 1.165) is 29.2 Å². The summed E-state index contributed by atoms with van der Waals surface area (Å²) in [5, 5.41) is 31.7. The molecule has 3 aliphatic carbocycles. The molecule has 5 atom stereocenters. The zero-order valence-corrected chi connectivity index (χ0v) is 20.9. The summed E-state index contributed by atoms with van der Waals surface area (Å²) in [4.78, 5) is -0.966. The van der Waals surface area contributed by atoms with Crippen molar-refractivity contribution in [3.05, 3.63) is 35.5 Å². The Morgan fingerprint density at radius 2 is 2.00 bits per heavy atom. The number of thioether (sulfide) groups is 1. The van der Waals surface area contributed by atoms with Gasteiger partial charge in [-0.05, 0) is 92.9 Å². The van der Waals surface area contributed by atoms with Crippen LogP contribution < -0.4 is 0 Å². The Hall–Kier alpha value is -0.550. The smallest absolute Gasteiger partial charge is 0.117 e. The van der Waals surface area contributed by atoms with Crippen molar-refractivity contribution in [1.82, 2.24) is 0 Å². The first-order chi connectivity index (χ1) is 14.5. The van der Waals surface area contributed by atoms with Crippen molar-refractivity contribution in [1.29, 1.82) is 0 Å². The van der Waals surface area contributed by atoms with Gasteiger partial charge in [-0.3, -0.25) is 0 Å². The highest BCUT2D eigenvalue weighted by molar-refractivity contribution is 8.00. The number of rotatable bonds is 7. The zero-order valence-electron chi connectivity index (χ0n) is 20.1. The minimum atomic E-state index is -0.966. The van der Waals surface area contributed by atoms with E-state index >= 15 is 0 Å². The summed E-state index contributed by atoms with van der Waals surface area (Å²) in [7, 11) is 0. The third-order valence-corrected chi connectivity index (χ3v) is 9.59. The van der Waals surface area contributed by atoms with Crippen molar-refractivity contribution in [3.63, 3.8) is 0 Å². The maximum Gasteiger partial charge on any atom is 0.117 e. The Morgan fingerprint density at radius 1 is 1.26 bits per heavy atom. The first-order valence-electron chi connectivity index (χ1n) is 12.3. The average molecular weight is 449 g/mol. The number of hydrogen-bond donors (Lipinski definition) is 3. The fraction of sp³-hybridized carbons (Fsp3) is 0.778. The first kappa shape index (κ1) is 25.1. The number of allylic oxidation sites excluding steroid dienone is 3. The van der Waals surface area contributed by atoms with Crippen molar-refractivity contribution < 1.29 is 15.3 Å². The van der Waals surface area contributed by atoms with Crippen molar-refractivity contribution in [2.75, 3.05) is 5.75 Å². The predicted molar refractivity (Wildman–Crippen MR) is 132 cm³/mol. The Labute approximate surface area is 194 Å². The van der Waals surface area contributed by atoms with Crippen LogP contribution in [0.2, 0.25) is 0 Å². The van der Waals surface area contributed by atoms with Crippen LogP contribution in [-0.2, 0) is 0 Å². The van der Waals surface area contributed by atoms with Gasteiger partial charge in [-0.25, -0.2) is 0 Å². The van der Waals surface area contributed by atoms with Gasteiger partial charge < -0.3 is 15.3 Å². The van der Waals surface area contributed by atoms with E-state index in [1.807, 2.05) is 13.8 Å². The molecule has 176 valence electrons. The van der Waals surface area contributed by atoms with Crippen LogP contribution in [0.1, 0.15) is 91.9 Å². The molecule has 0 aromatic heterocycles. The molecule has 4 heteroatoms. The van der Waals surface area contributed by atoms with Gasteiger partial charge in [-0.1, -0.05) is 44.6 Å². The average Bonchev–Trinajstić information content (AvgIpc) is 3.03. The maximum absolute atomic E-state index is 11.2. The molecule has 3 fully saturated rings. The zero-order chi connectivity index (χ0) is 22.9. The SMILES string of the molecule is C=C1C(=CC=C2CCC[C@]3(C)[C@@H](CC)CC[C@@H]23)C[C@](O)(SCCCC(C)(C)O)C[C@@H]1O. The van der Waals surface area contributed by atoms with Crippen LogP contribution in [0.15, 0.2) is 35.5 Å². The highest BCUT2D eigenvalue weighted by Gasteiger charge is 2.48. The molecular weight excluding hydrogens is 404 g/mol. The summed E-state index contributed by atoms with van der Waals surface area (Å²) in [6, 6.07) is 0. The van der Waals surface area contributed by atoms with Gasteiger partial charge in [0.2, 0.25) is 0 Å². The van der Waals surface area contributed by atoms with Crippen LogP contribution in [0.3, 0.4) is 0 Å². The summed E-state index contributed by atoms with van der Waals surface area (Å²) in [6.45, 7) is 12.6. The van der Waals surface area contributed by atoms with Crippen LogP contribution in [0.5, 0.6) is 0 Å². The molecule has 31 heavy (non-hydrogen) atoms. The third kappa shape index (κ3) is 5.88. The summed E-state index contributed by atoms with van der Waals surface area (Å²) >= 11 is 1.51. The molecule has 0 amide bonds. The van der Waals surface area contributed by atoms with Crippen LogP contribution in [0.4, 0.5) is 0 Å². The van der Waals surface area contributed by atoms with E-state index in [-0.39, 0.29) is 0 Å². The van der Waals surface area contributed by atoms with E-state index in [0.29, 0.717) is 30.6 Å². The minimum absolute atomic E-state index is 0.325. The maximum atomic E-state index is 11.2. The van der Waals surface area contributed by atoms with E-state index < -0.39 is 16.6 Å². The molecule has 3 saturated carbocycles. The molecule has 0 heterocycles. The fourth-order valence-electron chi connectivity index (χ4n) is 6.39. The number of aliphatic hydroxyl groups excluding tert-OH is 1. The third-order valence-electron chi connectivity index (χ3n) is 8.25. The highest BCUT2D eigenvalue weighted by Crippen LogP contribution is 2.58. The van der Waals surface area contributed by atoms with Gasteiger partial charge in [0.15, 0.2) is 0 Å². The van der Waals surface area contributed by atoms with Gasteiger partial charge in [0.25, 0.3) is 0 Å². The summed E-state index contributed by atoms with van der Waals surface area (Å²) in [5.74, 6) is 2.29. The number of aliphatic hydroxyl groups is 3. The number of fused-ring (bicyclic) bond motifs is 1. The number of hydrogen-bond acceptors (Lipinski definition) is 4. The largest absolute Gasteiger partial charge is 0.390 e. The van der Waals surface area contributed by atoms with Crippen molar-refractivity contribution in [2.24, 2.45) is 17.3 Å². The monoisotopic (exact) mass is 448 g/mol. The van der Waals surface area contributed by atoms with E-state index in [9.17, 15) is 15.3 Å².